The van der Waals surface area contributed by atoms with Gasteiger partial charge in [-0.2, -0.15) is 19.6 Å². The molecule has 0 atom stereocenters. The van der Waals surface area contributed by atoms with Crippen LogP contribution in [0.4, 0.5) is 0 Å². The van der Waals surface area contributed by atoms with Gasteiger partial charge in [-0.05, 0) is 120 Å². The summed E-state index contributed by atoms with van der Waals surface area (Å²) >= 11 is 23.7. The number of hydrogen-bond donors (Lipinski definition) is 0. The first-order chi connectivity index (χ1) is 27.5. The summed E-state index contributed by atoms with van der Waals surface area (Å²) in [6, 6.07) is 35.0. The summed E-state index contributed by atoms with van der Waals surface area (Å²) in [5, 5.41) is 0. The first-order valence-electron chi connectivity index (χ1n) is 22.0. The zero-order valence-electron chi connectivity index (χ0n) is 33.6. The molecule has 4 aromatic rings. The number of rotatable bonds is 8. The Bertz CT molecular complexity index is 1770. The van der Waals surface area contributed by atoms with Gasteiger partial charge in [-0.3, -0.25) is 0 Å². The summed E-state index contributed by atoms with van der Waals surface area (Å²) in [5.74, 6) is 2.67. The fraction of sp³-hybridized carbons (Fsp3) is 0.462. The summed E-state index contributed by atoms with van der Waals surface area (Å²) in [5.41, 5.74) is 10.5. The minimum Gasteiger partial charge on any atom is -0.781 e. The van der Waals surface area contributed by atoms with Gasteiger partial charge in [-0.25, -0.2) is 0 Å². The van der Waals surface area contributed by atoms with Crippen molar-refractivity contribution in [3.05, 3.63) is 142 Å². The van der Waals surface area contributed by atoms with Crippen molar-refractivity contribution in [3.8, 4) is 0 Å². The van der Waals surface area contributed by atoms with Gasteiger partial charge in [0.05, 0.1) is 0 Å². The number of benzene rings is 4. The Morgan fingerprint density at radius 1 is 0.333 bits per heavy atom. The molecule has 0 N–H and O–H groups in total. The van der Waals surface area contributed by atoms with Crippen LogP contribution < -0.4 is 0 Å². The molecule has 306 valence electrons. The Kier molecular flexibility index (Phi) is 17.4. The Hall–Kier alpha value is -2.27. The third kappa shape index (κ3) is 11.5. The average Bonchev–Trinajstić information content (AvgIpc) is 3.29. The predicted molar refractivity (Wildman–Crippen MR) is 252 cm³/mol. The van der Waals surface area contributed by atoms with Crippen LogP contribution in [-0.2, 0) is 67.0 Å². The Balaban J connectivity index is 0.000000189. The van der Waals surface area contributed by atoms with E-state index >= 15 is 0 Å². The van der Waals surface area contributed by atoms with Gasteiger partial charge < -0.3 is 50.5 Å². The number of hydrogen-bond acceptors (Lipinski definition) is 4. The van der Waals surface area contributed by atoms with Crippen LogP contribution in [0, 0.1) is 0 Å². The molecule has 0 saturated heterocycles. The SMILES string of the molecule is [Ni].[S-]/C(=C(\[S-])c1cc(C2CCCCC2)ccc1C1CCCCC1)c1ccccc1.[S-]/C(=C(\[S-])c1cc(C2CCCCC2)ccc1C1CCCCC1)c1ccccc1. The molecule has 4 saturated carbocycles. The molecule has 5 heteroatoms. The molecule has 4 fully saturated rings. The zero-order valence-corrected chi connectivity index (χ0v) is 37.9. The molecule has 8 rings (SSSR count). The van der Waals surface area contributed by atoms with Gasteiger partial charge in [0.1, 0.15) is 0 Å². The smallest absolute Gasteiger partial charge is 0 e. The van der Waals surface area contributed by atoms with Gasteiger partial charge in [0, 0.05) is 16.5 Å². The van der Waals surface area contributed by atoms with Crippen LogP contribution >= 0.6 is 0 Å². The van der Waals surface area contributed by atoms with E-state index in [1.165, 1.54) is 162 Å². The third-order valence-electron chi connectivity index (χ3n) is 13.4. The fourth-order valence-corrected chi connectivity index (χ4v) is 11.2. The minimum atomic E-state index is 0. The van der Waals surface area contributed by atoms with Crippen molar-refractivity contribution < 1.29 is 16.5 Å². The van der Waals surface area contributed by atoms with E-state index in [0.29, 0.717) is 23.7 Å². The molecular formula is C52H60NiS4-4. The van der Waals surface area contributed by atoms with Crippen molar-refractivity contribution in [2.24, 2.45) is 0 Å². The molecule has 0 heterocycles. The van der Waals surface area contributed by atoms with E-state index in [9.17, 15) is 0 Å². The second kappa shape index (κ2) is 22.4. The van der Waals surface area contributed by atoms with E-state index < -0.39 is 0 Å². The molecule has 0 aliphatic heterocycles. The maximum Gasteiger partial charge on any atom is 0 e. The molecule has 0 nitrogen and oxygen atoms in total. The van der Waals surface area contributed by atoms with Crippen molar-refractivity contribution in [2.45, 2.75) is 152 Å². The van der Waals surface area contributed by atoms with Crippen molar-refractivity contribution in [3.63, 3.8) is 0 Å². The van der Waals surface area contributed by atoms with Crippen LogP contribution in [0.3, 0.4) is 0 Å². The standard InChI is InChI=1S/2C26H32S2.Ni/c2*27-25(21-14-8-3-9-15-21)26(28)24-18-22(19-10-4-1-5-11-19)16-17-23(24)20-12-6-2-7-13-20;/h2*3,8-9,14-20,27-28H,1-2,4-7,10-13H2;/p-4/b2*26-25-;. The predicted octanol–water partition coefficient (Wildman–Crippen LogP) is 15.4. The van der Waals surface area contributed by atoms with Crippen LogP contribution in [0.25, 0.3) is 19.6 Å². The van der Waals surface area contributed by atoms with Crippen molar-refractivity contribution in [2.75, 3.05) is 0 Å². The Morgan fingerprint density at radius 2 is 0.632 bits per heavy atom. The van der Waals surface area contributed by atoms with Gasteiger partial charge in [-0.1, -0.05) is 174 Å². The Labute approximate surface area is 377 Å². The molecule has 0 unspecified atom stereocenters. The second-order valence-corrected chi connectivity index (χ2v) is 18.7. The summed E-state index contributed by atoms with van der Waals surface area (Å²) in [6.45, 7) is 0. The molecule has 4 aliphatic rings. The molecular weight excluding hydrogens is 812 g/mol. The molecule has 57 heavy (non-hydrogen) atoms. The van der Waals surface area contributed by atoms with E-state index in [1.54, 1.807) is 0 Å². The summed E-state index contributed by atoms with van der Waals surface area (Å²) in [7, 11) is 0. The Morgan fingerprint density at radius 3 is 0.947 bits per heavy atom. The average molecular weight is 872 g/mol. The van der Waals surface area contributed by atoms with E-state index in [0.717, 1.165) is 30.7 Å². The molecule has 4 aromatic carbocycles. The van der Waals surface area contributed by atoms with E-state index in [4.69, 9.17) is 50.5 Å². The van der Waals surface area contributed by atoms with Crippen LogP contribution in [0.5, 0.6) is 0 Å². The van der Waals surface area contributed by atoms with E-state index in [1.807, 2.05) is 36.4 Å². The van der Waals surface area contributed by atoms with Gasteiger partial charge >= 0.3 is 0 Å². The van der Waals surface area contributed by atoms with Crippen LogP contribution in [0.15, 0.2) is 97.1 Å². The maximum absolute atomic E-state index is 6.00. The normalized spacial score (nSPS) is 19.6. The molecule has 0 amide bonds. The summed E-state index contributed by atoms with van der Waals surface area (Å²) in [6.07, 6.45) is 26.7. The summed E-state index contributed by atoms with van der Waals surface area (Å²) < 4.78 is 0. The van der Waals surface area contributed by atoms with Gasteiger partial charge in [0.15, 0.2) is 0 Å². The first-order valence-corrected chi connectivity index (χ1v) is 23.7. The quantitative estimate of drug-likeness (QED) is 0.0982. The van der Waals surface area contributed by atoms with E-state index in [-0.39, 0.29) is 16.5 Å². The second-order valence-electron chi connectivity index (χ2n) is 17.1. The van der Waals surface area contributed by atoms with Gasteiger partial charge in [0.25, 0.3) is 0 Å². The van der Waals surface area contributed by atoms with Crippen molar-refractivity contribution in [1.29, 1.82) is 0 Å². The van der Waals surface area contributed by atoms with E-state index in [2.05, 4.69) is 60.7 Å². The largest absolute Gasteiger partial charge is 0.781 e. The van der Waals surface area contributed by atoms with Crippen molar-refractivity contribution in [1.82, 2.24) is 0 Å². The molecule has 0 bridgehead atoms. The van der Waals surface area contributed by atoms with Crippen LogP contribution in [0.1, 0.15) is 197 Å². The topological polar surface area (TPSA) is 0 Å². The first kappa shape index (κ1) is 44.3. The summed E-state index contributed by atoms with van der Waals surface area (Å²) in [4.78, 5) is 3.40. The molecule has 4 aliphatic carbocycles. The monoisotopic (exact) mass is 870 g/mol. The maximum atomic E-state index is 6.00. The van der Waals surface area contributed by atoms with Crippen molar-refractivity contribution >= 4 is 70.1 Å². The molecule has 0 radical (unpaired) electrons. The van der Waals surface area contributed by atoms with Crippen LogP contribution in [0.2, 0.25) is 0 Å². The molecule has 0 aromatic heterocycles. The molecule has 0 spiro atoms. The minimum absolute atomic E-state index is 0. The van der Waals surface area contributed by atoms with Gasteiger partial charge in [-0.15, -0.1) is 0 Å². The fourth-order valence-electron chi connectivity index (χ4n) is 10.1. The zero-order chi connectivity index (χ0) is 38.7. The van der Waals surface area contributed by atoms with Crippen LogP contribution in [-0.4, -0.2) is 0 Å². The van der Waals surface area contributed by atoms with Gasteiger partial charge in [0.2, 0.25) is 0 Å². The third-order valence-corrected chi connectivity index (χ3v) is 15.4.